The summed E-state index contributed by atoms with van der Waals surface area (Å²) in [5.41, 5.74) is 1.94. The molecule has 3 nitrogen and oxygen atoms in total. The van der Waals surface area contributed by atoms with E-state index >= 15 is 0 Å². The molecule has 1 unspecified atom stereocenters. The van der Waals surface area contributed by atoms with Crippen molar-refractivity contribution in [3.8, 4) is 6.07 Å². The van der Waals surface area contributed by atoms with E-state index in [0.29, 0.717) is 0 Å². The van der Waals surface area contributed by atoms with Gasteiger partial charge in [0.2, 0.25) is 0 Å². The average Bonchev–Trinajstić information content (AvgIpc) is 2.79. The molecule has 0 aliphatic rings. The molecule has 1 heterocycles. The Morgan fingerprint density at radius 1 is 1.41 bits per heavy atom. The molecule has 0 spiro atoms. The van der Waals surface area contributed by atoms with Gasteiger partial charge in [0.15, 0.2) is 0 Å². The van der Waals surface area contributed by atoms with Gasteiger partial charge in [0.1, 0.15) is 11.8 Å². The van der Waals surface area contributed by atoms with Crippen molar-refractivity contribution < 1.29 is 4.42 Å². The number of hydrogen-bond acceptors (Lipinski definition) is 3. The van der Waals surface area contributed by atoms with E-state index < -0.39 is 0 Å². The lowest BCUT2D eigenvalue weighted by Gasteiger charge is -2.19. The maximum Gasteiger partial charge on any atom is 0.136 e. The van der Waals surface area contributed by atoms with E-state index in [1.54, 1.807) is 6.26 Å². The Morgan fingerprint density at radius 2 is 2.18 bits per heavy atom. The molecule has 2 rings (SSSR count). The Morgan fingerprint density at radius 3 is 2.88 bits per heavy atom. The molecule has 0 N–H and O–H groups in total. The SMILES string of the molecule is CCC(C#N)CN(C)c1coc2ccccc12. The van der Waals surface area contributed by atoms with Gasteiger partial charge in [-0.05, 0) is 18.6 Å². The fraction of sp³-hybridized carbons (Fsp3) is 0.357. The first-order valence-corrected chi connectivity index (χ1v) is 5.83. The largest absolute Gasteiger partial charge is 0.462 e. The minimum Gasteiger partial charge on any atom is -0.462 e. The summed E-state index contributed by atoms with van der Waals surface area (Å²) >= 11 is 0. The summed E-state index contributed by atoms with van der Waals surface area (Å²) in [6.07, 6.45) is 2.63. The normalized spacial score (nSPS) is 12.3. The first kappa shape index (κ1) is 11.5. The summed E-state index contributed by atoms with van der Waals surface area (Å²) in [7, 11) is 2.00. The Hall–Kier alpha value is -1.95. The van der Waals surface area contributed by atoms with Crippen LogP contribution in [0.25, 0.3) is 11.0 Å². The van der Waals surface area contributed by atoms with Crippen molar-refractivity contribution in [2.75, 3.05) is 18.5 Å². The number of nitriles is 1. The predicted molar refractivity (Wildman–Crippen MR) is 68.9 cm³/mol. The molecule has 0 amide bonds. The van der Waals surface area contributed by atoms with Crippen molar-refractivity contribution in [2.45, 2.75) is 13.3 Å². The van der Waals surface area contributed by atoms with Crippen LogP contribution in [-0.4, -0.2) is 13.6 Å². The van der Waals surface area contributed by atoms with Gasteiger partial charge in [-0.15, -0.1) is 0 Å². The zero-order chi connectivity index (χ0) is 12.3. The summed E-state index contributed by atoms with van der Waals surface area (Å²) < 4.78 is 5.49. The summed E-state index contributed by atoms with van der Waals surface area (Å²) in [4.78, 5) is 2.09. The molecule has 88 valence electrons. The van der Waals surface area contributed by atoms with Crippen LogP contribution in [0.4, 0.5) is 5.69 Å². The van der Waals surface area contributed by atoms with E-state index in [9.17, 15) is 0 Å². The van der Waals surface area contributed by atoms with Crippen molar-refractivity contribution in [3.05, 3.63) is 30.5 Å². The topological polar surface area (TPSA) is 40.2 Å². The molecule has 0 aliphatic carbocycles. The third-order valence-corrected chi connectivity index (χ3v) is 3.04. The van der Waals surface area contributed by atoms with Gasteiger partial charge in [-0.2, -0.15) is 5.26 Å². The molecular formula is C14H16N2O. The van der Waals surface area contributed by atoms with Crippen LogP contribution in [0, 0.1) is 17.2 Å². The molecule has 1 aromatic carbocycles. The van der Waals surface area contributed by atoms with Crippen molar-refractivity contribution in [1.29, 1.82) is 5.26 Å². The van der Waals surface area contributed by atoms with E-state index in [1.165, 1.54) is 0 Å². The van der Waals surface area contributed by atoms with Crippen molar-refractivity contribution in [1.82, 2.24) is 0 Å². The molecule has 1 atom stereocenters. The minimum absolute atomic E-state index is 0.0636. The standard InChI is InChI=1S/C14H16N2O/c1-3-11(8-15)9-16(2)13-10-17-14-7-5-4-6-12(13)14/h4-7,10-11H,3,9H2,1-2H3. The monoisotopic (exact) mass is 228 g/mol. The minimum atomic E-state index is 0.0636. The van der Waals surface area contributed by atoms with E-state index in [-0.39, 0.29) is 5.92 Å². The lowest BCUT2D eigenvalue weighted by atomic mass is 10.1. The summed E-state index contributed by atoms with van der Waals surface area (Å²) in [5.74, 6) is 0.0636. The number of rotatable bonds is 4. The van der Waals surface area contributed by atoms with Gasteiger partial charge in [0.25, 0.3) is 0 Å². The van der Waals surface area contributed by atoms with Crippen LogP contribution >= 0.6 is 0 Å². The van der Waals surface area contributed by atoms with Crippen LogP contribution in [-0.2, 0) is 0 Å². The highest BCUT2D eigenvalue weighted by molar-refractivity contribution is 5.90. The molecule has 1 aromatic heterocycles. The molecule has 0 fully saturated rings. The second-order valence-electron chi connectivity index (χ2n) is 4.23. The Balaban J connectivity index is 2.25. The highest BCUT2D eigenvalue weighted by atomic mass is 16.3. The molecule has 2 aromatic rings. The van der Waals surface area contributed by atoms with Gasteiger partial charge >= 0.3 is 0 Å². The fourth-order valence-corrected chi connectivity index (χ4v) is 1.95. The van der Waals surface area contributed by atoms with Gasteiger partial charge < -0.3 is 9.32 Å². The first-order chi connectivity index (χ1) is 8.26. The molecule has 3 heteroatoms. The molecule has 0 radical (unpaired) electrons. The second kappa shape index (κ2) is 4.92. The summed E-state index contributed by atoms with van der Waals surface area (Å²) in [6, 6.07) is 10.3. The molecule has 0 bridgehead atoms. The number of hydrogen-bond donors (Lipinski definition) is 0. The number of nitrogens with zero attached hydrogens (tertiary/aromatic N) is 2. The van der Waals surface area contributed by atoms with Crippen LogP contribution < -0.4 is 4.90 Å². The van der Waals surface area contributed by atoms with Crippen molar-refractivity contribution in [3.63, 3.8) is 0 Å². The van der Waals surface area contributed by atoms with Crippen molar-refractivity contribution in [2.24, 2.45) is 5.92 Å². The quantitative estimate of drug-likeness (QED) is 0.805. The van der Waals surface area contributed by atoms with Crippen LogP contribution in [0.1, 0.15) is 13.3 Å². The highest BCUT2D eigenvalue weighted by Gasteiger charge is 2.13. The molecule has 0 aliphatic heterocycles. The van der Waals surface area contributed by atoms with Gasteiger partial charge in [-0.1, -0.05) is 19.1 Å². The smallest absolute Gasteiger partial charge is 0.136 e. The van der Waals surface area contributed by atoms with E-state index in [0.717, 1.165) is 29.6 Å². The Kier molecular flexibility index (Phi) is 3.34. The highest BCUT2D eigenvalue weighted by Crippen LogP contribution is 2.28. The number of fused-ring (bicyclic) bond motifs is 1. The maximum absolute atomic E-state index is 8.99. The van der Waals surface area contributed by atoms with Gasteiger partial charge in [0.05, 0.1) is 17.7 Å². The van der Waals surface area contributed by atoms with Gasteiger partial charge in [-0.3, -0.25) is 0 Å². The molecule has 0 saturated heterocycles. The molecular weight excluding hydrogens is 212 g/mol. The zero-order valence-corrected chi connectivity index (χ0v) is 10.2. The van der Waals surface area contributed by atoms with Crippen LogP contribution in [0.2, 0.25) is 0 Å². The fourth-order valence-electron chi connectivity index (χ4n) is 1.95. The summed E-state index contributed by atoms with van der Waals surface area (Å²) in [6.45, 7) is 2.77. The number of furan rings is 1. The van der Waals surface area contributed by atoms with E-state index in [1.807, 2.05) is 38.2 Å². The average molecular weight is 228 g/mol. The number of anilines is 1. The molecule has 17 heavy (non-hydrogen) atoms. The third kappa shape index (κ3) is 2.26. The molecule has 0 saturated carbocycles. The van der Waals surface area contributed by atoms with Crippen LogP contribution in [0.5, 0.6) is 0 Å². The lowest BCUT2D eigenvalue weighted by molar-refractivity contribution is 0.604. The van der Waals surface area contributed by atoms with Gasteiger partial charge in [0, 0.05) is 19.0 Å². The zero-order valence-electron chi connectivity index (χ0n) is 10.2. The lowest BCUT2D eigenvalue weighted by Crippen LogP contribution is -2.24. The maximum atomic E-state index is 8.99. The number of benzene rings is 1. The number of para-hydroxylation sites is 1. The predicted octanol–water partition coefficient (Wildman–Crippen LogP) is 3.42. The Labute approximate surface area is 101 Å². The third-order valence-electron chi connectivity index (χ3n) is 3.04. The van der Waals surface area contributed by atoms with Gasteiger partial charge in [-0.25, -0.2) is 0 Å². The van der Waals surface area contributed by atoms with Crippen LogP contribution in [0.15, 0.2) is 34.9 Å². The van der Waals surface area contributed by atoms with E-state index in [2.05, 4.69) is 11.0 Å². The van der Waals surface area contributed by atoms with Crippen LogP contribution in [0.3, 0.4) is 0 Å². The second-order valence-corrected chi connectivity index (χ2v) is 4.23. The summed E-state index contributed by atoms with van der Waals surface area (Å²) in [5, 5.41) is 10.1. The van der Waals surface area contributed by atoms with Crippen molar-refractivity contribution >= 4 is 16.7 Å². The Bertz CT molecular complexity index is 538. The first-order valence-electron chi connectivity index (χ1n) is 5.83. The van der Waals surface area contributed by atoms with E-state index in [4.69, 9.17) is 9.68 Å².